The molecule has 2 atom stereocenters. The Labute approximate surface area is 122 Å². The van der Waals surface area contributed by atoms with Crippen molar-refractivity contribution in [1.82, 2.24) is 10.2 Å². The van der Waals surface area contributed by atoms with Crippen molar-refractivity contribution < 1.29 is 4.79 Å². The third-order valence-electron chi connectivity index (χ3n) is 4.25. The Morgan fingerprint density at radius 3 is 2.25 bits per heavy atom. The van der Waals surface area contributed by atoms with Gasteiger partial charge >= 0.3 is 0 Å². The molecule has 0 aromatic heterocycles. The zero-order chi connectivity index (χ0) is 14.7. The zero-order valence-electron chi connectivity index (χ0n) is 13.0. The molecule has 1 aliphatic rings. The van der Waals surface area contributed by atoms with Gasteiger partial charge in [0.25, 0.3) is 0 Å². The van der Waals surface area contributed by atoms with Crippen molar-refractivity contribution in [2.75, 3.05) is 0 Å². The van der Waals surface area contributed by atoms with E-state index in [1.807, 2.05) is 18.2 Å². The van der Waals surface area contributed by atoms with Gasteiger partial charge in [0, 0.05) is 6.04 Å². The van der Waals surface area contributed by atoms with E-state index in [2.05, 4.69) is 50.0 Å². The van der Waals surface area contributed by atoms with Gasteiger partial charge < -0.3 is 4.90 Å². The first kappa shape index (κ1) is 15.0. The van der Waals surface area contributed by atoms with Crippen molar-refractivity contribution in [2.24, 2.45) is 5.92 Å². The van der Waals surface area contributed by atoms with Crippen LogP contribution in [0.4, 0.5) is 0 Å². The number of hydrogen-bond acceptors (Lipinski definition) is 2. The Hall–Kier alpha value is -1.35. The smallest absolute Gasteiger partial charge is 0.241 e. The van der Waals surface area contributed by atoms with E-state index in [-0.39, 0.29) is 18.1 Å². The molecule has 0 bridgehead atoms. The van der Waals surface area contributed by atoms with Gasteiger partial charge in [-0.2, -0.15) is 0 Å². The molecule has 1 fully saturated rings. The lowest BCUT2D eigenvalue weighted by molar-refractivity contribution is -0.133. The average Bonchev–Trinajstić information content (AvgIpc) is 2.80. The maximum Gasteiger partial charge on any atom is 0.241 e. The predicted molar refractivity (Wildman–Crippen MR) is 82.2 cm³/mol. The molecule has 0 spiro atoms. The first-order valence-corrected chi connectivity index (χ1v) is 7.73. The summed E-state index contributed by atoms with van der Waals surface area (Å²) in [4.78, 5) is 14.8. The lowest BCUT2D eigenvalue weighted by atomic mass is 10.0. The second-order valence-electron chi connectivity index (χ2n) is 5.92. The molecule has 1 N–H and O–H groups in total. The molecule has 2 unspecified atom stereocenters. The van der Waals surface area contributed by atoms with Gasteiger partial charge in [0.15, 0.2) is 0 Å². The SMILES string of the molecule is CCC(CC)N1C(=O)C(C(C)C)NC1c1ccccc1. The van der Waals surface area contributed by atoms with E-state index in [4.69, 9.17) is 0 Å². The monoisotopic (exact) mass is 274 g/mol. The van der Waals surface area contributed by atoms with Crippen LogP contribution in [0.25, 0.3) is 0 Å². The number of rotatable bonds is 5. The lowest BCUT2D eigenvalue weighted by Crippen LogP contribution is -2.40. The molecule has 0 saturated carbocycles. The van der Waals surface area contributed by atoms with Crippen LogP contribution in [0.1, 0.15) is 52.3 Å². The Bertz CT molecular complexity index is 440. The van der Waals surface area contributed by atoms with Gasteiger partial charge in [-0.15, -0.1) is 0 Å². The van der Waals surface area contributed by atoms with Crippen molar-refractivity contribution in [2.45, 2.75) is 58.8 Å². The molecule has 1 aliphatic heterocycles. The fraction of sp³-hybridized carbons (Fsp3) is 0.588. The molecule has 0 aliphatic carbocycles. The minimum absolute atomic E-state index is 0.0148. The third-order valence-corrected chi connectivity index (χ3v) is 4.25. The molecule has 1 aromatic rings. The Morgan fingerprint density at radius 2 is 1.75 bits per heavy atom. The first-order valence-electron chi connectivity index (χ1n) is 7.73. The highest BCUT2D eigenvalue weighted by Gasteiger charge is 2.43. The summed E-state index contributed by atoms with van der Waals surface area (Å²) in [5.41, 5.74) is 1.18. The molecule has 1 amide bonds. The number of benzene rings is 1. The molecule has 1 heterocycles. The molecule has 3 heteroatoms. The maximum absolute atomic E-state index is 12.8. The van der Waals surface area contributed by atoms with E-state index in [0.29, 0.717) is 12.0 Å². The molecule has 1 saturated heterocycles. The number of nitrogens with zero attached hydrogens (tertiary/aromatic N) is 1. The normalized spacial score (nSPS) is 23.1. The van der Waals surface area contributed by atoms with Crippen LogP contribution in [-0.2, 0) is 4.79 Å². The van der Waals surface area contributed by atoms with Crippen LogP contribution in [-0.4, -0.2) is 22.9 Å². The van der Waals surface area contributed by atoms with Crippen LogP contribution < -0.4 is 5.32 Å². The van der Waals surface area contributed by atoms with E-state index < -0.39 is 0 Å². The molecule has 110 valence electrons. The van der Waals surface area contributed by atoms with E-state index in [1.165, 1.54) is 5.56 Å². The summed E-state index contributed by atoms with van der Waals surface area (Å²) in [6, 6.07) is 10.5. The Kier molecular flexibility index (Phi) is 4.81. The summed E-state index contributed by atoms with van der Waals surface area (Å²) in [5, 5.41) is 3.53. The van der Waals surface area contributed by atoms with Crippen LogP contribution in [0.3, 0.4) is 0 Å². The minimum Gasteiger partial charge on any atom is -0.319 e. The summed E-state index contributed by atoms with van der Waals surface area (Å²) in [6.45, 7) is 8.53. The molecule has 2 rings (SSSR count). The number of amides is 1. The van der Waals surface area contributed by atoms with Crippen LogP contribution in [0.15, 0.2) is 30.3 Å². The van der Waals surface area contributed by atoms with E-state index in [0.717, 1.165) is 12.8 Å². The second kappa shape index (κ2) is 6.40. The average molecular weight is 274 g/mol. The molecule has 1 aromatic carbocycles. The van der Waals surface area contributed by atoms with Gasteiger partial charge in [-0.1, -0.05) is 58.0 Å². The lowest BCUT2D eigenvalue weighted by Gasteiger charge is -2.31. The Morgan fingerprint density at radius 1 is 1.15 bits per heavy atom. The van der Waals surface area contributed by atoms with Crippen LogP contribution >= 0.6 is 0 Å². The molecular formula is C17H26N2O. The summed E-state index contributed by atoms with van der Waals surface area (Å²) >= 11 is 0. The Balaban J connectivity index is 2.34. The highest BCUT2D eigenvalue weighted by molar-refractivity contribution is 5.85. The fourth-order valence-electron chi connectivity index (χ4n) is 3.05. The third kappa shape index (κ3) is 2.73. The van der Waals surface area contributed by atoms with Gasteiger partial charge in [-0.05, 0) is 24.3 Å². The summed E-state index contributed by atoms with van der Waals surface area (Å²) in [6.07, 6.45) is 2.01. The van der Waals surface area contributed by atoms with E-state index in [9.17, 15) is 4.79 Å². The summed E-state index contributed by atoms with van der Waals surface area (Å²) in [5.74, 6) is 0.565. The van der Waals surface area contributed by atoms with E-state index >= 15 is 0 Å². The van der Waals surface area contributed by atoms with Crippen molar-refractivity contribution in [1.29, 1.82) is 0 Å². The van der Waals surface area contributed by atoms with Crippen molar-refractivity contribution in [3.8, 4) is 0 Å². The number of nitrogens with one attached hydrogen (secondary N) is 1. The topological polar surface area (TPSA) is 32.3 Å². The maximum atomic E-state index is 12.8. The van der Waals surface area contributed by atoms with Crippen LogP contribution in [0.2, 0.25) is 0 Å². The zero-order valence-corrected chi connectivity index (χ0v) is 13.0. The largest absolute Gasteiger partial charge is 0.319 e. The van der Waals surface area contributed by atoms with Gasteiger partial charge in [0.05, 0.1) is 6.04 Å². The number of carbonyl (C=O) groups is 1. The minimum atomic E-state index is -0.0687. The first-order chi connectivity index (χ1) is 9.60. The van der Waals surface area contributed by atoms with E-state index in [1.54, 1.807) is 0 Å². The standard InChI is InChI=1S/C17H26N2O/c1-5-14(6-2)19-16(13-10-8-7-9-11-13)18-15(12(3)4)17(19)20/h7-12,14-16,18H,5-6H2,1-4H3. The quantitative estimate of drug-likeness (QED) is 0.893. The van der Waals surface area contributed by atoms with Gasteiger partial charge in [-0.25, -0.2) is 0 Å². The molecule has 3 nitrogen and oxygen atoms in total. The van der Waals surface area contributed by atoms with Gasteiger partial charge in [0.2, 0.25) is 5.91 Å². The highest BCUT2D eigenvalue weighted by Crippen LogP contribution is 2.31. The molecule has 0 radical (unpaired) electrons. The van der Waals surface area contributed by atoms with Crippen LogP contribution in [0, 0.1) is 5.92 Å². The van der Waals surface area contributed by atoms with Crippen LogP contribution in [0.5, 0.6) is 0 Å². The fourth-order valence-corrected chi connectivity index (χ4v) is 3.05. The van der Waals surface area contributed by atoms with Crippen molar-refractivity contribution in [3.63, 3.8) is 0 Å². The van der Waals surface area contributed by atoms with Gasteiger partial charge in [-0.3, -0.25) is 10.1 Å². The van der Waals surface area contributed by atoms with Crippen molar-refractivity contribution in [3.05, 3.63) is 35.9 Å². The summed E-state index contributed by atoms with van der Waals surface area (Å²) in [7, 11) is 0. The highest BCUT2D eigenvalue weighted by atomic mass is 16.2. The molecule has 20 heavy (non-hydrogen) atoms. The number of hydrogen-bond donors (Lipinski definition) is 1. The van der Waals surface area contributed by atoms with Crippen molar-refractivity contribution >= 4 is 5.91 Å². The number of carbonyl (C=O) groups excluding carboxylic acids is 1. The predicted octanol–water partition coefficient (Wildman–Crippen LogP) is 3.33. The summed E-state index contributed by atoms with van der Waals surface area (Å²) < 4.78 is 0. The van der Waals surface area contributed by atoms with Gasteiger partial charge in [0.1, 0.15) is 6.17 Å². The molecular weight excluding hydrogens is 248 g/mol. The second-order valence-corrected chi connectivity index (χ2v) is 5.92.